The Morgan fingerprint density at radius 2 is 1.34 bits per heavy atom. The van der Waals surface area contributed by atoms with E-state index in [0.717, 1.165) is 25.7 Å². The van der Waals surface area contributed by atoms with Gasteiger partial charge < -0.3 is 9.47 Å². The number of unbranched alkanes of at least 4 members (excludes halogenated alkanes) is 12. The van der Waals surface area contributed by atoms with Crippen molar-refractivity contribution >= 4 is 5.97 Å². The van der Waals surface area contributed by atoms with Crippen molar-refractivity contribution in [3.8, 4) is 0 Å². The lowest BCUT2D eigenvalue weighted by Crippen LogP contribution is -2.14. The van der Waals surface area contributed by atoms with Gasteiger partial charge in [0.2, 0.25) is 0 Å². The summed E-state index contributed by atoms with van der Waals surface area (Å²) in [6, 6.07) is 0. The van der Waals surface area contributed by atoms with E-state index >= 15 is 0 Å². The molecule has 0 amide bonds. The number of ether oxygens (including phenoxy) is 2. The third-order valence-corrected chi connectivity index (χ3v) is 6.57. The molecule has 0 aromatic carbocycles. The predicted octanol–water partition coefficient (Wildman–Crippen LogP) is 8.14. The maximum Gasteiger partial charge on any atom is 0.305 e. The molecule has 2 unspecified atom stereocenters. The maximum atomic E-state index is 11.7. The van der Waals surface area contributed by atoms with Gasteiger partial charge in [0.05, 0.1) is 18.3 Å². The molecule has 0 bridgehead atoms. The molecule has 0 radical (unpaired) electrons. The lowest BCUT2D eigenvalue weighted by Gasteiger charge is -2.10. The SMILES string of the molecule is CCCCCCCCC1OC1(CC)CCCCCCCC(=O)OCCCCCC. The zero-order chi connectivity index (χ0) is 21.2. The molecule has 2 atom stereocenters. The van der Waals surface area contributed by atoms with Gasteiger partial charge in [0.1, 0.15) is 0 Å². The van der Waals surface area contributed by atoms with E-state index in [0.29, 0.717) is 19.1 Å². The predicted molar refractivity (Wildman–Crippen MR) is 123 cm³/mol. The molecule has 0 aromatic rings. The summed E-state index contributed by atoms with van der Waals surface area (Å²) in [5, 5.41) is 0. The number of epoxide rings is 1. The second-order valence-electron chi connectivity index (χ2n) is 9.13. The van der Waals surface area contributed by atoms with Crippen molar-refractivity contribution in [2.45, 2.75) is 154 Å². The highest BCUT2D eigenvalue weighted by Crippen LogP contribution is 2.46. The van der Waals surface area contributed by atoms with Crippen LogP contribution in [0, 0.1) is 0 Å². The van der Waals surface area contributed by atoms with Crippen LogP contribution in [0.1, 0.15) is 143 Å². The van der Waals surface area contributed by atoms with Gasteiger partial charge in [-0.2, -0.15) is 0 Å². The molecule has 0 N–H and O–H groups in total. The van der Waals surface area contributed by atoms with Gasteiger partial charge in [0.15, 0.2) is 0 Å². The van der Waals surface area contributed by atoms with E-state index in [1.807, 2.05) is 0 Å². The first kappa shape index (κ1) is 26.5. The Labute approximate surface area is 181 Å². The number of hydrogen-bond acceptors (Lipinski definition) is 3. The number of esters is 1. The van der Waals surface area contributed by atoms with Gasteiger partial charge in [0.25, 0.3) is 0 Å². The van der Waals surface area contributed by atoms with Crippen LogP contribution in [-0.2, 0) is 14.3 Å². The number of carbonyl (C=O) groups is 1. The van der Waals surface area contributed by atoms with Crippen LogP contribution in [0.4, 0.5) is 0 Å². The average Bonchev–Trinajstić information content (AvgIpc) is 3.43. The lowest BCUT2D eigenvalue weighted by atomic mass is 9.92. The minimum absolute atomic E-state index is 0.00430. The molecule has 3 nitrogen and oxygen atoms in total. The van der Waals surface area contributed by atoms with Crippen LogP contribution in [0.2, 0.25) is 0 Å². The van der Waals surface area contributed by atoms with E-state index in [1.165, 1.54) is 89.9 Å². The zero-order valence-electron chi connectivity index (χ0n) is 19.9. The molecule has 3 heteroatoms. The number of rotatable bonds is 21. The molecule has 0 aliphatic carbocycles. The van der Waals surface area contributed by atoms with Gasteiger partial charge in [-0.05, 0) is 32.1 Å². The molecule has 0 saturated carbocycles. The molecule has 1 heterocycles. The van der Waals surface area contributed by atoms with Crippen molar-refractivity contribution in [1.82, 2.24) is 0 Å². The summed E-state index contributed by atoms with van der Waals surface area (Å²) in [5.41, 5.74) is 0.213. The summed E-state index contributed by atoms with van der Waals surface area (Å²) in [6.07, 6.45) is 23.5. The van der Waals surface area contributed by atoms with E-state index in [2.05, 4.69) is 20.8 Å². The fraction of sp³-hybridized carbons (Fsp3) is 0.962. The minimum Gasteiger partial charge on any atom is -0.466 e. The van der Waals surface area contributed by atoms with E-state index in [9.17, 15) is 4.79 Å². The second-order valence-corrected chi connectivity index (χ2v) is 9.13. The molecular weight excluding hydrogens is 360 g/mol. The Hall–Kier alpha value is -0.570. The fourth-order valence-electron chi connectivity index (χ4n) is 4.40. The topological polar surface area (TPSA) is 38.8 Å². The van der Waals surface area contributed by atoms with Crippen molar-refractivity contribution in [3.63, 3.8) is 0 Å². The first-order valence-corrected chi connectivity index (χ1v) is 13.0. The summed E-state index contributed by atoms with van der Waals surface area (Å²) in [6.45, 7) is 7.37. The second kappa shape index (κ2) is 17.1. The molecule has 1 saturated heterocycles. The van der Waals surface area contributed by atoms with E-state index in [-0.39, 0.29) is 11.6 Å². The average molecular weight is 411 g/mol. The Kier molecular flexibility index (Phi) is 15.6. The molecule has 1 fully saturated rings. The summed E-state index contributed by atoms with van der Waals surface area (Å²) < 4.78 is 11.4. The van der Waals surface area contributed by atoms with Crippen molar-refractivity contribution < 1.29 is 14.3 Å². The zero-order valence-corrected chi connectivity index (χ0v) is 19.9. The molecule has 0 aromatic heterocycles. The third-order valence-electron chi connectivity index (χ3n) is 6.57. The summed E-state index contributed by atoms with van der Waals surface area (Å²) >= 11 is 0. The number of hydrogen-bond donors (Lipinski definition) is 0. The minimum atomic E-state index is -0.00430. The molecule has 29 heavy (non-hydrogen) atoms. The van der Waals surface area contributed by atoms with Crippen molar-refractivity contribution in [2.75, 3.05) is 6.61 Å². The third kappa shape index (κ3) is 12.7. The Balaban J connectivity index is 1.92. The van der Waals surface area contributed by atoms with Gasteiger partial charge in [0, 0.05) is 6.42 Å². The van der Waals surface area contributed by atoms with Crippen LogP contribution in [0.5, 0.6) is 0 Å². The van der Waals surface area contributed by atoms with Crippen molar-refractivity contribution in [2.24, 2.45) is 0 Å². The molecular formula is C26H50O3. The summed E-state index contributed by atoms with van der Waals surface area (Å²) in [7, 11) is 0. The lowest BCUT2D eigenvalue weighted by molar-refractivity contribution is -0.143. The van der Waals surface area contributed by atoms with Crippen LogP contribution in [-0.4, -0.2) is 24.3 Å². The standard InChI is InChI=1S/C26H50O3/c1-4-7-9-11-13-16-20-24-26(6-3,29-24)22-18-15-12-14-17-21-25(27)28-23-19-10-8-5-2/h24H,4-23H2,1-3H3. The number of carbonyl (C=O) groups excluding carboxylic acids is 1. The normalized spacial score (nSPS) is 20.7. The highest BCUT2D eigenvalue weighted by Gasteiger charge is 2.53. The van der Waals surface area contributed by atoms with E-state index in [1.54, 1.807) is 0 Å². The Morgan fingerprint density at radius 3 is 2.03 bits per heavy atom. The smallest absolute Gasteiger partial charge is 0.305 e. The fourth-order valence-corrected chi connectivity index (χ4v) is 4.40. The molecule has 1 aliphatic rings. The van der Waals surface area contributed by atoms with Crippen LogP contribution < -0.4 is 0 Å². The van der Waals surface area contributed by atoms with Crippen molar-refractivity contribution in [3.05, 3.63) is 0 Å². The molecule has 0 spiro atoms. The first-order chi connectivity index (χ1) is 14.2. The molecule has 1 rings (SSSR count). The maximum absolute atomic E-state index is 11.7. The van der Waals surface area contributed by atoms with Crippen LogP contribution >= 0.6 is 0 Å². The highest BCUT2D eigenvalue weighted by molar-refractivity contribution is 5.69. The van der Waals surface area contributed by atoms with Gasteiger partial charge in [-0.1, -0.05) is 104 Å². The summed E-state index contributed by atoms with van der Waals surface area (Å²) in [5.74, 6) is -0.00430. The Morgan fingerprint density at radius 1 is 0.759 bits per heavy atom. The van der Waals surface area contributed by atoms with Gasteiger partial charge in [-0.25, -0.2) is 0 Å². The van der Waals surface area contributed by atoms with Crippen LogP contribution in [0.25, 0.3) is 0 Å². The molecule has 172 valence electrons. The monoisotopic (exact) mass is 410 g/mol. The molecule has 1 aliphatic heterocycles. The van der Waals surface area contributed by atoms with Crippen molar-refractivity contribution in [1.29, 1.82) is 0 Å². The largest absolute Gasteiger partial charge is 0.466 e. The van der Waals surface area contributed by atoms with E-state index < -0.39 is 0 Å². The highest BCUT2D eigenvalue weighted by atomic mass is 16.6. The van der Waals surface area contributed by atoms with Crippen LogP contribution in [0.3, 0.4) is 0 Å². The van der Waals surface area contributed by atoms with Gasteiger partial charge in [-0.15, -0.1) is 0 Å². The Bertz CT molecular complexity index is 395. The van der Waals surface area contributed by atoms with E-state index in [4.69, 9.17) is 9.47 Å². The summed E-state index contributed by atoms with van der Waals surface area (Å²) in [4.78, 5) is 11.7. The quantitative estimate of drug-likeness (QED) is 0.109. The van der Waals surface area contributed by atoms with Gasteiger partial charge >= 0.3 is 5.97 Å². The van der Waals surface area contributed by atoms with Crippen LogP contribution in [0.15, 0.2) is 0 Å². The first-order valence-electron chi connectivity index (χ1n) is 13.0. The van der Waals surface area contributed by atoms with Gasteiger partial charge in [-0.3, -0.25) is 4.79 Å².